The molecule has 0 aromatic heterocycles. The van der Waals surface area contributed by atoms with Crippen LogP contribution in [0.15, 0.2) is 18.2 Å². The molecule has 3 nitrogen and oxygen atoms in total. The van der Waals surface area contributed by atoms with Gasteiger partial charge in [-0.15, -0.1) is 0 Å². The van der Waals surface area contributed by atoms with E-state index in [1.807, 2.05) is 18.2 Å². The predicted octanol–water partition coefficient (Wildman–Crippen LogP) is 1.65. The van der Waals surface area contributed by atoms with E-state index in [1.165, 1.54) is 0 Å². The van der Waals surface area contributed by atoms with Crippen LogP contribution in [0.2, 0.25) is 0 Å². The van der Waals surface area contributed by atoms with Gasteiger partial charge < -0.3 is 15.7 Å². The van der Waals surface area contributed by atoms with Crippen molar-refractivity contribution in [2.24, 2.45) is 0 Å². The fraction of sp³-hybridized carbons (Fsp3) is 0.538. The molecule has 0 aliphatic carbocycles. The lowest BCUT2D eigenvalue weighted by molar-refractivity contribution is 0.282. The number of anilines is 1. The molecule has 0 amide bonds. The van der Waals surface area contributed by atoms with Crippen molar-refractivity contribution in [2.45, 2.75) is 26.9 Å². The van der Waals surface area contributed by atoms with E-state index < -0.39 is 0 Å². The second kappa shape index (κ2) is 6.51. The SMILES string of the molecule is CCN(CC)CCc1cccc(CO)c1N. The zero-order valence-corrected chi connectivity index (χ0v) is 10.2. The van der Waals surface area contributed by atoms with Gasteiger partial charge in [0.1, 0.15) is 0 Å². The summed E-state index contributed by atoms with van der Waals surface area (Å²) in [5.74, 6) is 0. The Hall–Kier alpha value is -1.06. The summed E-state index contributed by atoms with van der Waals surface area (Å²) in [6.45, 7) is 7.50. The summed E-state index contributed by atoms with van der Waals surface area (Å²) in [5, 5.41) is 9.12. The Labute approximate surface area is 97.9 Å². The monoisotopic (exact) mass is 222 g/mol. The van der Waals surface area contributed by atoms with Gasteiger partial charge in [-0.2, -0.15) is 0 Å². The predicted molar refractivity (Wildman–Crippen MR) is 68.3 cm³/mol. The van der Waals surface area contributed by atoms with Gasteiger partial charge in [-0.25, -0.2) is 0 Å². The zero-order chi connectivity index (χ0) is 12.0. The van der Waals surface area contributed by atoms with E-state index in [0.717, 1.165) is 42.9 Å². The van der Waals surface area contributed by atoms with Crippen LogP contribution in [0.5, 0.6) is 0 Å². The van der Waals surface area contributed by atoms with Crippen LogP contribution in [-0.2, 0) is 13.0 Å². The molecule has 0 radical (unpaired) electrons. The number of aliphatic hydroxyl groups excluding tert-OH is 1. The minimum atomic E-state index is 0.0188. The first-order valence-corrected chi connectivity index (χ1v) is 5.92. The van der Waals surface area contributed by atoms with Crippen molar-refractivity contribution in [3.05, 3.63) is 29.3 Å². The molecule has 0 spiro atoms. The summed E-state index contributed by atoms with van der Waals surface area (Å²) in [6, 6.07) is 5.87. The topological polar surface area (TPSA) is 49.5 Å². The Bertz CT molecular complexity index is 322. The second-order valence-corrected chi connectivity index (χ2v) is 3.92. The highest BCUT2D eigenvalue weighted by atomic mass is 16.3. The number of likely N-dealkylation sites (N-methyl/N-ethyl adjacent to an activating group) is 1. The highest BCUT2D eigenvalue weighted by Crippen LogP contribution is 2.18. The van der Waals surface area contributed by atoms with E-state index >= 15 is 0 Å². The number of benzene rings is 1. The van der Waals surface area contributed by atoms with Crippen LogP contribution in [0.1, 0.15) is 25.0 Å². The summed E-state index contributed by atoms with van der Waals surface area (Å²) in [6.07, 6.45) is 0.946. The third-order valence-corrected chi connectivity index (χ3v) is 3.05. The molecule has 0 atom stereocenters. The van der Waals surface area contributed by atoms with Gasteiger partial charge in [-0.3, -0.25) is 0 Å². The largest absolute Gasteiger partial charge is 0.398 e. The fourth-order valence-corrected chi connectivity index (χ4v) is 1.84. The normalized spacial score (nSPS) is 11.0. The summed E-state index contributed by atoms with van der Waals surface area (Å²) >= 11 is 0. The van der Waals surface area contributed by atoms with Crippen molar-refractivity contribution in [1.82, 2.24) is 4.90 Å². The number of hydrogen-bond acceptors (Lipinski definition) is 3. The molecule has 1 aromatic rings. The van der Waals surface area contributed by atoms with Gasteiger partial charge >= 0.3 is 0 Å². The molecule has 3 N–H and O–H groups in total. The third kappa shape index (κ3) is 3.22. The summed E-state index contributed by atoms with van der Waals surface area (Å²) < 4.78 is 0. The minimum absolute atomic E-state index is 0.0188. The van der Waals surface area contributed by atoms with E-state index in [9.17, 15) is 0 Å². The molecule has 3 heteroatoms. The number of nitrogen functional groups attached to an aromatic ring is 1. The Balaban J connectivity index is 2.66. The first-order chi connectivity index (χ1) is 7.72. The van der Waals surface area contributed by atoms with Gasteiger partial charge in [-0.1, -0.05) is 32.0 Å². The highest BCUT2D eigenvalue weighted by molar-refractivity contribution is 5.53. The molecule has 0 bridgehead atoms. The van der Waals surface area contributed by atoms with Crippen molar-refractivity contribution in [3.8, 4) is 0 Å². The van der Waals surface area contributed by atoms with Crippen LogP contribution in [0.3, 0.4) is 0 Å². The van der Waals surface area contributed by atoms with Gasteiger partial charge in [0.25, 0.3) is 0 Å². The summed E-state index contributed by atoms with van der Waals surface area (Å²) in [4.78, 5) is 2.37. The zero-order valence-electron chi connectivity index (χ0n) is 10.2. The molecule has 0 aliphatic heterocycles. The second-order valence-electron chi connectivity index (χ2n) is 3.92. The summed E-state index contributed by atoms with van der Waals surface area (Å²) in [5.41, 5.74) is 8.70. The minimum Gasteiger partial charge on any atom is -0.398 e. The summed E-state index contributed by atoms with van der Waals surface area (Å²) in [7, 11) is 0. The van der Waals surface area contributed by atoms with Crippen LogP contribution >= 0.6 is 0 Å². The lowest BCUT2D eigenvalue weighted by atomic mass is 10.0. The molecule has 0 saturated heterocycles. The maximum Gasteiger partial charge on any atom is 0.0702 e. The van der Waals surface area contributed by atoms with Crippen LogP contribution in [-0.4, -0.2) is 29.6 Å². The molecule has 1 aromatic carbocycles. The number of para-hydroxylation sites is 1. The standard InChI is InChI=1S/C13H22N2O/c1-3-15(4-2)9-8-11-6-5-7-12(10-16)13(11)14/h5-7,16H,3-4,8-10,14H2,1-2H3. The van der Waals surface area contributed by atoms with Crippen LogP contribution < -0.4 is 5.73 Å². The van der Waals surface area contributed by atoms with Crippen molar-refractivity contribution >= 4 is 5.69 Å². The molecular formula is C13H22N2O. The molecule has 0 saturated carbocycles. The van der Waals surface area contributed by atoms with Gasteiger partial charge in [0, 0.05) is 17.8 Å². The number of aliphatic hydroxyl groups is 1. The molecule has 90 valence electrons. The molecule has 1 rings (SSSR count). The third-order valence-electron chi connectivity index (χ3n) is 3.05. The van der Waals surface area contributed by atoms with Gasteiger partial charge in [-0.05, 0) is 25.1 Å². The highest BCUT2D eigenvalue weighted by Gasteiger charge is 2.05. The first kappa shape index (κ1) is 13.0. The Kier molecular flexibility index (Phi) is 5.29. The number of nitrogens with two attached hydrogens (primary N) is 1. The lowest BCUT2D eigenvalue weighted by Gasteiger charge is -2.18. The molecule has 16 heavy (non-hydrogen) atoms. The fourth-order valence-electron chi connectivity index (χ4n) is 1.84. The van der Waals surface area contributed by atoms with Crippen molar-refractivity contribution in [3.63, 3.8) is 0 Å². The van der Waals surface area contributed by atoms with Crippen LogP contribution in [0.4, 0.5) is 5.69 Å². The average molecular weight is 222 g/mol. The van der Waals surface area contributed by atoms with E-state index in [1.54, 1.807) is 0 Å². The number of hydrogen-bond donors (Lipinski definition) is 2. The molecule has 0 fully saturated rings. The quantitative estimate of drug-likeness (QED) is 0.719. The van der Waals surface area contributed by atoms with Gasteiger partial charge in [0.15, 0.2) is 0 Å². The molecule has 0 heterocycles. The van der Waals surface area contributed by atoms with Crippen molar-refractivity contribution in [2.75, 3.05) is 25.4 Å². The van der Waals surface area contributed by atoms with E-state index in [0.29, 0.717) is 0 Å². The molecule has 0 unspecified atom stereocenters. The lowest BCUT2D eigenvalue weighted by Crippen LogP contribution is -2.25. The average Bonchev–Trinajstić information content (AvgIpc) is 2.32. The van der Waals surface area contributed by atoms with Crippen LogP contribution in [0, 0.1) is 0 Å². The maximum atomic E-state index is 9.12. The van der Waals surface area contributed by atoms with Gasteiger partial charge in [0.05, 0.1) is 6.61 Å². The van der Waals surface area contributed by atoms with E-state index in [2.05, 4.69) is 18.7 Å². The van der Waals surface area contributed by atoms with Crippen molar-refractivity contribution < 1.29 is 5.11 Å². The number of rotatable bonds is 6. The Morgan fingerprint density at radius 3 is 2.38 bits per heavy atom. The van der Waals surface area contributed by atoms with Crippen LogP contribution in [0.25, 0.3) is 0 Å². The first-order valence-electron chi connectivity index (χ1n) is 5.92. The van der Waals surface area contributed by atoms with Gasteiger partial charge in [0.2, 0.25) is 0 Å². The molecular weight excluding hydrogens is 200 g/mol. The number of nitrogens with zero attached hydrogens (tertiary/aromatic N) is 1. The van der Waals surface area contributed by atoms with E-state index in [4.69, 9.17) is 10.8 Å². The smallest absolute Gasteiger partial charge is 0.0702 e. The van der Waals surface area contributed by atoms with E-state index in [-0.39, 0.29) is 6.61 Å². The molecule has 0 aliphatic rings. The maximum absolute atomic E-state index is 9.12. The Morgan fingerprint density at radius 2 is 1.81 bits per heavy atom. The van der Waals surface area contributed by atoms with Crippen molar-refractivity contribution in [1.29, 1.82) is 0 Å². The Morgan fingerprint density at radius 1 is 1.19 bits per heavy atom.